The highest BCUT2D eigenvalue weighted by molar-refractivity contribution is 4.93. The van der Waals surface area contributed by atoms with Gasteiger partial charge in [-0.2, -0.15) is 0 Å². The van der Waals surface area contributed by atoms with Gasteiger partial charge in [-0.05, 0) is 6.08 Å². The standard InChI is InChI=1S/C5H8O4/c6-3-1-2-9-5(8)4(3)7/h1-8H/t3-,4?,5?/m0/s1. The van der Waals surface area contributed by atoms with Crippen molar-refractivity contribution in [1.82, 2.24) is 0 Å². The van der Waals surface area contributed by atoms with Gasteiger partial charge in [-0.3, -0.25) is 0 Å². The predicted octanol–water partition coefficient (Wildman–Crippen LogP) is -1.43. The topological polar surface area (TPSA) is 69.9 Å². The molecule has 0 radical (unpaired) electrons. The fourth-order valence-corrected chi connectivity index (χ4v) is 0.569. The first-order valence-electron chi connectivity index (χ1n) is 2.58. The second-order valence-corrected chi connectivity index (χ2v) is 1.84. The minimum Gasteiger partial charge on any atom is -0.470 e. The molecular formula is C5H8O4. The van der Waals surface area contributed by atoms with Crippen LogP contribution in [0.2, 0.25) is 0 Å². The van der Waals surface area contributed by atoms with Gasteiger partial charge >= 0.3 is 0 Å². The monoisotopic (exact) mass is 132 g/mol. The molecule has 1 heterocycles. The van der Waals surface area contributed by atoms with Gasteiger partial charge in [0.15, 0.2) is 0 Å². The molecular weight excluding hydrogens is 124 g/mol. The summed E-state index contributed by atoms with van der Waals surface area (Å²) in [7, 11) is 0. The molecule has 0 saturated heterocycles. The van der Waals surface area contributed by atoms with Crippen molar-refractivity contribution in [3.63, 3.8) is 0 Å². The summed E-state index contributed by atoms with van der Waals surface area (Å²) in [5.74, 6) is 0. The maximum Gasteiger partial charge on any atom is 0.225 e. The van der Waals surface area contributed by atoms with Gasteiger partial charge in [0.25, 0.3) is 0 Å². The minimum atomic E-state index is -1.30. The molecule has 1 aliphatic rings. The second kappa shape index (κ2) is 2.34. The molecule has 52 valence electrons. The molecule has 1 aliphatic heterocycles. The summed E-state index contributed by atoms with van der Waals surface area (Å²) in [5.41, 5.74) is 0. The Morgan fingerprint density at radius 1 is 1.22 bits per heavy atom. The zero-order chi connectivity index (χ0) is 6.85. The molecule has 0 aromatic heterocycles. The van der Waals surface area contributed by atoms with Gasteiger partial charge in [0.1, 0.15) is 12.2 Å². The van der Waals surface area contributed by atoms with Crippen molar-refractivity contribution in [2.45, 2.75) is 18.5 Å². The van der Waals surface area contributed by atoms with Crippen LogP contribution in [0.5, 0.6) is 0 Å². The SMILES string of the molecule is OC1OC=C[C@H](O)C1O. The van der Waals surface area contributed by atoms with E-state index in [0.717, 1.165) is 6.26 Å². The molecule has 0 saturated carbocycles. The summed E-state index contributed by atoms with van der Waals surface area (Å²) >= 11 is 0. The zero-order valence-electron chi connectivity index (χ0n) is 4.64. The molecule has 0 aromatic rings. The van der Waals surface area contributed by atoms with Crippen molar-refractivity contribution >= 4 is 0 Å². The Balaban J connectivity index is 2.58. The van der Waals surface area contributed by atoms with Crippen LogP contribution in [0.25, 0.3) is 0 Å². The van der Waals surface area contributed by atoms with E-state index in [1.165, 1.54) is 6.08 Å². The van der Waals surface area contributed by atoms with E-state index < -0.39 is 18.5 Å². The molecule has 0 bridgehead atoms. The third-order valence-corrected chi connectivity index (χ3v) is 1.14. The third kappa shape index (κ3) is 1.21. The molecule has 0 aromatic carbocycles. The first-order valence-corrected chi connectivity index (χ1v) is 2.58. The molecule has 9 heavy (non-hydrogen) atoms. The molecule has 4 nitrogen and oxygen atoms in total. The van der Waals surface area contributed by atoms with Crippen LogP contribution in [0.3, 0.4) is 0 Å². The van der Waals surface area contributed by atoms with Crippen LogP contribution in [0.15, 0.2) is 12.3 Å². The highest BCUT2D eigenvalue weighted by Crippen LogP contribution is 2.08. The lowest BCUT2D eigenvalue weighted by molar-refractivity contribution is -0.164. The molecule has 0 amide bonds. The number of ether oxygens (including phenoxy) is 1. The fraction of sp³-hybridized carbons (Fsp3) is 0.600. The van der Waals surface area contributed by atoms with Gasteiger partial charge in [0.05, 0.1) is 6.26 Å². The van der Waals surface area contributed by atoms with Gasteiger partial charge in [-0.15, -0.1) is 0 Å². The lowest BCUT2D eigenvalue weighted by Gasteiger charge is -2.23. The Hall–Kier alpha value is -0.580. The van der Waals surface area contributed by atoms with E-state index in [2.05, 4.69) is 4.74 Å². The Morgan fingerprint density at radius 2 is 1.89 bits per heavy atom. The molecule has 1 rings (SSSR count). The van der Waals surface area contributed by atoms with Crippen LogP contribution in [0, 0.1) is 0 Å². The normalized spacial score (nSPS) is 42.3. The molecule has 3 N–H and O–H groups in total. The summed E-state index contributed by atoms with van der Waals surface area (Å²) in [6.07, 6.45) is -1.13. The minimum absolute atomic E-state index is 1.02. The molecule has 3 atom stereocenters. The summed E-state index contributed by atoms with van der Waals surface area (Å²) in [6, 6.07) is 0. The van der Waals surface area contributed by atoms with Gasteiger partial charge in [-0.1, -0.05) is 0 Å². The third-order valence-electron chi connectivity index (χ3n) is 1.14. The Bertz CT molecular complexity index is 122. The van der Waals surface area contributed by atoms with Crippen molar-refractivity contribution in [2.24, 2.45) is 0 Å². The molecule has 0 fully saturated rings. The fourth-order valence-electron chi connectivity index (χ4n) is 0.569. The van der Waals surface area contributed by atoms with Crippen molar-refractivity contribution < 1.29 is 20.1 Å². The second-order valence-electron chi connectivity index (χ2n) is 1.84. The smallest absolute Gasteiger partial charge is 0.225 e. The van der Waals surface area contributed by atoms with Crippen LogP contribution >= 0.6 is 0 Å². The largest absolute Gasteiger partial charge is 0.470 e. The molecule has 0 aliphatic carbocycles. The van der Waals surface area contributed by atoms with Crippen LogP contribution < -0.4 is 0 Å². The number of hydrogen-bond donors (Lipinski definition) is 3. The molecule has 0 spiro atoms. The first kappa shape index (κ1) is 6.54. The van der Waals surface area contributed by atoms with Crippen LogP contribution in [0.4, 0.5) is 0 Å². The van der Waals surface area contributed by atoms with E-state index in [9.17, 15) is 0 Å². The number of aliphatic hydroxyl groups excluding tert-OH is 3. The van der Waals surface area contributed by atoms with Crippen molar-refractivity contribution in [2.75, 3.05) is 0 Å². The highest BCUT2D eigenvalue weighted by atomic mass is 16.6. The van der Waals surface area contributed by atoms with E-state index in [-0.39, 0.29) is 0 Å². The van der Waals surface area contributed by atoms with E-state index in [1.807, 2.05) is 0 Å². The van der Waals surface area contributed by atoms with Crippen molar-refractivity contribution in [3.8, 4) is 0 Å². The number of aliphatic hydroxyl groups is 3. The quantitative estimate of drug-likeness (QED) is 0.378. The van der Waals surface area contributed by atoms with E-state index in [4.69, 9.17) is 15.3 Å². The summed E-state index contributed by atoms with van der Waals surface area (Å²) < 4.78 is 4.43. The number of hydrogen-bond acceptors (Lipinski definition) is 4. The summed E-state index contributed by atoms with van der Waals surface area (Å²) in [5, 5.41) is 26.2. The van der Waals surface area contributed by atoms with E-state index >= 15 is 0 Å². The highest BCUT2D eigenvalue weighted by Gasteiger charge is 2.26. The van der Waals surface area contributed by atoms with Gasteiger partial charge in [-0.25, -0.2) is 0 Å². The van der Waals surface area contributed by atoms with Gasteiger partial charge in [0, 0.05) is 0 Å². The van der Waals surface area contributed by atoms with E-state index in [0.29, 0.717) is 0 Å². The molecule has 4 heteroatoms. The van der Waals surface area contributed by atoms with Crippen LogP contribution in [-0.4, -0.2) is 33.8 Å². The van der Waals surface area contributed by atoms with Gasteiger partial charge in [0.2, 0.25) is 6.29 Å². The van der Waals surface area contributed by atoms with Crippen LogP contribution in [0.1, 0.15) is 0 Å². The average Bonchev–Trinajstić information content (AvgIpc) is 1.83. The maximum atomic E-state index is 8.77. The first-order chi connectivity index (χ1) is 4.22. The van der Waals surface area contributed by atoms with Crippen molar-refractivity contribution in [1.29, 1.82) is 0 Å². The summed E-state index contributed by atoms with van der Waals surface area (Å²) in [6.45, 7) is 0. The van der Waals surface area contributed by atoms with Gasteiger partial charge < -0.3 is 20.1 Å². The Morgan fingerprint density at radius 3 is 2.33 bits per heavy atom. The summed E-state index contributed by atoms with van der Waals surface area (Å²) in [4.78, 5) is 0. The van der Waals surface area contributed by atoms with E-state index in [1.54, 1.807) is 0 Å². The van der Waals surface area contributed by atoms with Crippen LogP contribution in [-0.2, 0) is 4.74 Å². The average molecular weight is 132 g/mol. The predicted molar refractivity (Wildman–Crippen MR) is 28.2 cm³/mol. The number of rotatable bonds is 0. The maximum absolute atomic E-state index is 8.77. The Labute approximate surface area is 52.0 Å². The lowest BCUT2D eigenvalue weighted by Crippen LogP contribution is -2.39. The van der Waals surface area contributed by atoms with Crippen molar-refractivity contribution in [3.05, 3.63) is 12.3 Å². The lowest BCUT2D eigenvalue weighted by atomic mass is 10.2. The Kier molecular flexibility index (Phi) is 1.70. The zero-order valence-corrected chi connectivity index (χ0v) is 4.64. The molecule has 2 unspecified atom stereocenters.